The predicted octanol–water partition coefficient (Wildman–Crippen LogP) is 3.63. The molecule has 3 nitrogen and oxygen atoms in total. The molecule has 2 aromatic rings. The second-order valence-electron chi connectivity index (χ2n) is 5.23. The van der Waals surface area contributed by atoms with Crippen LogP contribution in [-0.2, 0) is 16.8 Å². The van der Waals surface area contributed by atoms with Crippen molar-refractivity contribution in [3.05, 3.63) is 65.7 Å². The van der Waals surface area contributed by atoms with Gasteiger partial charge in [-0.2, -0.15) is 0 Å². The molecule has 0 aliphatic rings. The van der Waals surface area contributed by atoms with Gasteiger partial charge in [0.25, 0.3) is 0 Å². The van der Waals surface area contributed by atoms with Crippen molar-refractivity contribution in [1.29, 1.82) is 0 Å². The molecule has 0 atom stereocenters. The normalized spacial score (nSPS) is 11.1. The molecule has 0 saturated heterocycles. The minimum absolute atomic E-state index is 0.502. The number of carboxylic acids is 1. The van der Waals surface area contributed by atoms with Crippen molar-refractivity contribution in [2.24, 2.45) is 0 Å². The van der Waals surface area contributed by atoms with E-state index in [2.05, 4.69) is 0 Å². The van der Waals surface area contributed by atoms with E-state index in [4.69, 9.17) is 4.74 Å². The van der Waals surface area contributed by atoms with Crippen LogP contribution < -0.4 is 4.74 Å². The SMILES string of the molecule is CC(C)(C(=O)O)c1ccc(OCc2ccccc2)cc1. The molecule has 0 amide bonds. The maximum atomic E-state index is 11.2. The lowest BCUT2D eigenvalue weighted by Gasteiger charge is -2.19. The van der Waals surface area contributed by atoms with Crippen molar-refractivity contribution in [3.63, 3.8) is 0 Å². The van der Waals surface area contributed by atoms with E-state index in [1.807, 2.05) is 42.5 Å². The first-order chi connectivity index (χ1) is 9.50. The summed E-state index contributed by atoms with van der Waals surface area (Å²) in [5.74, 6) is -0.103. The van der Waals surface area contributed by atoms with E-state index in [9.17, 15) is 9.90 Å². The average molecular weight is 270 g/mol. The van der Waals surface area contributed by atoms with E-state index in [-0.39, 0.29) is 0 Å². The molecule has 0 radical (unpaired) electrons. The fraction of sp³-hybridized carbons (Fsp3) is 0.235. The highest BCUT2D eigenvalue weighted by Crippen LogP contribution is 2.25. The van der Waals surface area contributed by atoms with Crippen LogP contribution in [0.1, 0.15) is 25.0 Å². The third-order valence-electron chi connectivity index (χ3n) is 3.36. The number of hydrogen-bond acceptors (Lipinski definition) is 2. The first-order valence-corrected chi connectivity index (χ1v) is 6.51. The molecule has 0 aliphatic carbocycles. The van der Waals surface area contributed by atoms with Gasteiger partial charge in [0.1, 0.15) is 12.4 Å². The summed E-state index contributed by atoms with van der Waals surface area (Å²) in [6.07, 6.45) is 0. The second-order valence-corrected chi connectivity index (χ2v) is 5.23. The Morgan fingerprint density at radius 2 is 1.65 bits per heavy atom. The van der Waals surface area contributed by atoms with Gasteiger partial charge in [-0.25, -0.2) is 0 Å². The molecule has 2 rings (SSSR count). The van der Waals surface area contributed by atoms with Gasteiger partial charge >= 0.3 is 5.97 Å². The Bertz CT molecular complexity index is 571. The molecule has 0 bridgehead atoms. The zero-order chi connectivity index (χ0) is 14.6. The summed E-state index contributed by atoms with van der Waals surface area (Å²) in [7, 11) is 0. The Morgan fingerprint density at radius 1 is 1.05 bits per heavy atom. The van der Waals surface area contributed by atoms with Crippen molar-refractivity contribution in [1.82, 2.24) is 0 Å². The number of carbonyl (C=O) groups is 1. The quantitative estimate of drug-likeness (QED) is 0.902. The minimum atomic E-state index is -0.891. The van der Waals surface area contributed by atoms with Crippen molar-refractivity contribution in [3.8, 4) is 5.75 Å². The third kappa shape index (κ3) is 3.18. The monoisotopic (exact) mass is 270 g/mol. The van der Waals surface area contributed by atoms with Crippen molar-refractivity contribution in [2.75, 3.05) is 0 Å². The van der Waals surface area contributed by atoms with Gasteiger partial charge in [-0.1, -0.05) is 42.5 Å². The van der Waals surface area contributed by atoms with E-state index < -0.39 is 11.4 Å². The summed E-state index contributed by atoms with van der Waals surface area (Å²) >= 11 is 0. The Labute approximate surface area is 118 Å². The van der Waals surface area contributed by atoms with Gasteiger partial charge < -0.3 is 9.84 Å². The summed E-state index contributed by atoms with van der Waals surface area (Å²) in [6.45, 7) is 3.88. The van der Waals surface area contributed by atoms with Crippen LogP contribution in [0.5, 0.6) is 5.75 Å². The number of benzene rings is 2. The Kier molecular flexibility index (Phi) is 4.08. The first-order valence-electron chi connectivity index (χ1n) is 6.51. The van der Waals surface area contributed by atoms with Gasteiger partial charge in [0.05, 0.1) is 5.41 Å². The molecule has 0 spiro atoms. The van der Waals surface area contributed by atoms with Crippen molar-refractivity contribution >= 4 is 5.97 Å². The highest BCUT2D eigenvalue weighted by atomic mass is 16.5. The number of carboxylic acid groups (broad SMARTS) is 1. The first kappa shape index (κ1) is 14.1. The van der Waals surface area contributed by atoms with Gasteiger partial charge in [-0.3, -0.25) is 4.79 Å². The van der Waals surface area contributed by atoms with Gasteiger partial charge in [-0.05, 0) is 37.1 Å². The van der Waals surface area contributed by atoms with Gasteiger partial charge in [0.2, 0.25) is 0 Å². The Morgan fingerprint density at radius 3 is 2.20 bits per heavy atom. The molecule has 0 heterocycles. The smallest absolute Gasteiger partial charge is 0.313 e. The molecule has 0 saturated carbocycles. The fourth-order valence-electron chi connectivity index (χ4n) is 1.83. The number of aliphatic carboxylic acids is 1. The van der Waals surface area contributed by atoms with Crippen molar-refractivity contribution < 1.29 is 14.6 Å². The molecule has 0 unspecified atom stereocenters. The van der Waals surface area contributed by atoms with Gasteiger partial charge in [0, 0.05) is 0 Å². The fourth-order valence-corrected chi connectivity index (χ4v) is 1.83. The third-order valence-corrected chi connectivity index (χ3v) is 3.36. The maximum Gasteiger partial charge on any atom is 0.313 e. The van der Waals surface area contributed by atoms with Crippen LogP contribution in [0.15, 0.2) is 54.6 Å². The van der Waals surface area contributed by atoms with E-state index >= 15 is 0 Å². The van der Waals surface area contributed by atoms with Crippen molar-refractivity contribution in [2.45, 2.75) is 25.9 Å². The van der Waals surface area contributed by atoms with E-state index in [0.717, 1.165) is 16.9 Å². The molecule has 3 heteroatoms. The molecule has 104 valence electrons. The summed E-state index contributed by atoms with van der Waals surface area (Å²) in [4.78, 5) is 11.2. The Hall–Kier alpha value is -2.29. The predicted molar refractivity (Wildman–Crippen MR) is 77.9 cm³/mol. The second kappa shape index (κ2) is 5.78. The molecule has 1 N–H and O–H groups in total. The molecular formula is C17H18O3. The Balaban J connectivity index is 2.04. The minimum Gasteiger partial charge on any atom is -0.489 e. The highest BCUT2D eigenvalue weighted by molar-refractivity contribution is 5.80. The molecular weight excluding hydrogens is 252 g/mol. The van der Waals surface area contributed by atoms with Crippen LogP contribution in [0, 0.1) is 0 Å². The van der Waals surface area contributed by atoms with Crippen LogP contribution in [-0.4, -0.2) is 11.1 Å². The summed E-state index contributed by atoms with van der Waals surface area (Å²) in [5.41, 5.74) is 0.970. The van der Waals surface area contributed by atoms with Crippen LogP contribution in [0.3, 0.4) is 0 Å². The number of hydrogen-bond donors (Lipinski definition) is 1. The van der Waals surface area contributed by atoms with E-state index in [1.54, 1.807) is 26.0 Å². The number of rotatable bonds is 5. The summed E-state index contributed by atoms with van der Waals surface area (Å²) in [5, 5.41) is 9.18. The van der Waals surface area contributed by atoms with Gasteiger partial charge in [0.15, 0.2) is 0 Å². The zero-order valence-corrected chi connectivity index (χ0v) is 11.7. The summed E-state index contributed by atoms with van der Waals surface area (Å²) < 4.78 is 5.67. The topological polar surface area (TPSA) is 46.5 Å². The number of ether oxygens (including phenoxy) is 1. The molecule has 0 aliphatic heterocycles. The molecule has 0 aromatic heterocycles. The standard InChI is InChI=1S/C17H18O3/c1-17(2,16(18)19)14-8-10-15(11-9-14)20-12-13-6-4-3-5-7-13/h3-11H,12H2,1-2H3,(H,18,19). The van der Waals surface area contributed by atoms with E-state index in [1.165, 1.54) is 0 Å². The molecule has 2 aromatic carbocycles. The van der Waals surface area contributed by atoms with Crippen LogP contribution in [0.2, 0.25) is 0 Å². The van der Waals surface area contributed by atoms with E-state index in [0.29, 0.717) is 6.61 Å². The van der Waals surface area contributed by atoms with Gasteiger partial charge in [-0.15, -0.1) is 0 Å². The lowest BCUT2D eigenvalue weighted by Crippen LogP contribution is -2.28. The van der Waals surface area contributed by atoms with Crippen LogP contribution in [0.4, 0.5) is 0 Å². The van der Waals surface area contributed by atoms with Crippen LogP contribution in [0.25, 0.3) is 0 Å². The lowest BCUT2D eigenvalue weighted by molar-refractivity contribution is -0.142. The largest absolute Gasteiger partial charge is 0.489 e. The highest BCUT2D eigenvalue weighted by Gasteiger charge is 2.29. The lowest BCUT2D eigenvalue weighted by atomic mass is 9.85. The molecule has 0 fully saturated rings. The maximum absolute atomic E-state index is 11.2. The molecule has 20 heavy (non-hydrogen) atoms. The average Bonchev–Trinajstić information content (AvgIpc) is 2.46. The summed E-state index contributed by atoms with van der Waals surface area (Å²) in [6, 6.07) is 17.1. The van der Waals surface area contributed by atoms with Crippen LogP contribution >= 0.6 is 0 Å². The zero-order valence-electron chi connectivity index (χ0n) is 11.7.